The van der Waals surface area contributed by atoms with Gasteiger partial charge in [0.1, 0.15) is 11.2 Å². The van der Waals surface area contributed by atoms with Gasteiger partial charge in [0.2, 0.25) is 11.8 Å². The molecule has 0 unspecified atom stereocenters. The van der Waals surface area contributed by atoms with Gasteiger partial charge in [-0.2, -0.15) is 4.98 Å². The van der Waals surface area contributed by atoms with E-state index < -0.39 is 17.3 Å². The standard InChI is InChI=1S/C26H41N7O5/c1-6-32(15-12-27-24(34)37-25(3,4)5)22-28-16-20(17-29-22)36-18(2)19-8-13-33(14-9-19)23-30-21(31-38-23)26(35)10-7-11-26/h16-19,35H,6-15H2,1-5H3,(H,27,34)/t18-/m0/s1. The summed E-state index contributed by atoms with van der Waals surface area (Å²) in [7, 11) is 0. The van der Waals surface area contributed by atoms with Gasteiger partial charge < -0.3 is 34.2 Å². The number of nitrogens with one attached hydrogen (secondary N) is 1. The first-order chi connectivity index (χ1) is 18.1. The van der Waals surface area contributed by atoms with Crippen LogP contribution < -0.4 is 19.9 Å². The lowest BCUT2D eigenvalue weighted by atomic mass is 9.80. The van der Waals surface area contributed by atoms with Crippen molar-refractivity contribution in [3.05, 3.63) is 18.2 Å². The van der Waals surface area contributed by atoms with E-state index in [1.807, 2.05) is 32.6 Å². The third-order valence-corrected chi connectivity index (χ3v) is 7.14. The molecule has 2 aliphatic rings. The van der Waals surface area contributed by atoms with Crippen molar-refractivity contribution in [1.82, 2.24) is 25.4 Å². The Labute approximate surface area is 224 Å². The number of alkyl carbamates (subject to hydrolysis) is 1. The number of carbonyl (C=O) groups is 1. The van der Waals surface area contributed by atoms with Crippen LogP contribution in [0, 0.1) is 5.92 Å². The minimum absolute atomic E-state index is 0.000778. The Hall–Kier alpha value is -3.15. The second-order valence-corrected chi connectivity index (χ2v) is 11.2. The first-order valence-electron chi connectivity index (χ1n) is 13.6. The smallest absolute Gasteiger partial charge is 0.407 e. The molecule has 210 valence electrons. The molecular weight excluding hydrogens is 490 g/mol. The second-order valence-electron chi connectivity index (χ2n) is 11.2. The van der Waals surface area contributed by atoms with E-state index in [2.05, 4.69) is 37.2 Å². The molecule has 12 nitrogen and oxygen atoms in total. The number of rotatable bonds is 10. The highest BCUT2D eigenvalue weighted by atomic mass is 16.6. The fraction of sp³-hybridized carbons (Fsp3) is 0.731. The minimum atomic E-state index is -0.912. The number of carbonyl (C=O) groups excluding carboxylic acids is 1. The molecule has 0 radical (unpaired) electrons. The van der Waals surface area contributed by atoms with Crippen LogP contribution in [-0.2, 0) is 10.3 Å². The summed E-state index contributed by atoms with van der Waals surface area (Å²) in [6, 6.07) is 0.484. The van der Waals surface area contributed by atoms with E-state index in [1.165, 1.54) is 0 Å². The van der Waals surface area contributed by atoms with Crippen molar-refractivity contribution >= 4 is 18.1 Å². The van der Waals surface area contributed by atoms with Crippen molar-refractivity contribution in [3.63, 3.8) is 0 Å². The van der Waals surface area contributed by atoms with E-state index in [1.54, 1.807) is 12.4 Å². The molecule has 0 spiro atoms. The molecule has 1 atom stereocenters. The van der Waals surface area contributed by atoms with Crippen molar-refractivity contribution in [2.45, 2.75) is 84.0 Å². The number of aromatic nitrogens is 4. The van der Waals surface area contributed by atoms with E-state index in [-0.39, 0.29) is 6.10 Å². The number of anilines is 2. The molecule has 2 aromatic heterocycles. The van der Waals surface area contributed by atoms with Crippen LogP contribution in [0.5, 0.6) is 5.75 Å². The van der Waals surface area contributed by atoms with Gasteiger partial charge in [0, 0.05) is 32.7 Å². The number of piperidine rings is 1. The molecule has 4 rings (SSSR count). The lowest BCUT2D eigenvalue weighted by Crippen LogP contribution is -2.39. The predicted octanol–water partition coefficient (Wildman–Crippen LogP) is 3.27. The molecular formula is C26H41N7O5. The summed E-state index contributed by atoms with van der Waals surface area (Å²) in [6.45, 7) is 12.8. The van der Waals surface area contributed by atoms with Crippen LogP contribution in [0.4, 0.5) is 16.8 Å². The number of ether oxygens (including phenoxy) is 2. The molecule has 38 heavy (non-hydrogen) atoms. The fourth-order valence-corrected chi connectivity index (χ4v) is 4.68. The molecule has 0 bridgehead atoms. The van der Waals surface area contributed by atoms with Crippen LogP contribution in [0.2, 0.25) is 0 Å². The van der Waals surface area contributed by atoms with Gasteiger partial charge in [-0.05, 0) is 72.6 Å². The Bertz CT molecular complexity index is 1040. The van der Waals surface area contributed by atoms with Gasteiger partial charge in [0.05, 0.1) is 18.5 Å². The summed E-state index contributed by atoms with van der Waals surface area (Å²) in [5.74, 6) is 1.98. The Kier molecular flexibility index (Phi) is 8.59. The van der Waals surface area contributed by atoms with Gasteiger partial charge in [0.15, 0.2) is 5.75 Å². The SMILES string of the molecule is CCN(CCNC(=O)OC(C)(C)C)c1ncc(O[C@@H](C)C2CCN(c3nc(C4(O)CCC4)no3)CC2)cn1. The summed E-state index contributed by atoms with van der Waals surface area (Å²) in [6.07, 6.45) is 7.18. The first-order valence-corrected chi connectivity index (χ1v) is 13.6. The molecule has 1 saturated carbocycles. The number of nitrogens with zero attached hydrogens (tertiary/aromatic N) is 6. The molecule has 2 N–H and O–H groups in total. The third-order valence-electron chi connectivity index (χ3n) is 7.14. The summed E-state index contributed by atoms with van der Waals surface area (Å²) < 4.78 is 16.9. The zero-order valence-electron chi connectivity index (χ0n) is 23.1. The Morgan fingerprint density at radius 2 is 1.97 bits per heavy atom. The molecule has 2 aromatic rings. The van der Waals surface area contributed by atoms with E-state index in [4.69, 9.17) is 14.0 Å². The average Bonchev–Trinajstić information content (AvgIpc) is 3.36. The van der Waals surface area contributed by atoms with E-state index in [0.717, 1.165) is 32.4 Å². The zero-order valence-corrected chi connectivity index (χ0v) is 23.1. The Balaban J connectivity index is 1.22. The van der Waals surface area contributed by atoms with Crippen LogP contribution >= 0.6 is 0 Å². The van der Waals surface area contributed by atoms with Crippen molar-refractivity contribution < 1.29 is 23.9 Å². The minimum Gasteiger partial charge on any atom is -0.487 e. The van der Waals surface area contributed by atoms with Gasteiger partial charge >= 0.3 is 12.1 Å². The van der Waals surface area contributed by atoms with E-state index in [9.17, 15) is 9.90 Å². The largest absolute Gasteiger partial charge is 0.487 e. The maximum atomic E-state index is 11.9. The normalized spacial score (nSPS) is 18.4. The zero-order chi connectivity index (χ0) is 27.3. The second kappa shape index (κ2) is 11.7. The van der Waals surface area contributed by atoms with Gasteiger partial charge in [-0.15, -0.1) is 0 Å². The Morgan fingerprint density at radius 3 is 2.55 bits per heavy atom. The fourth-order valence-electron chi connectivity index (χ4n) is 4.68. The van der Waals surface area contributed by atoms with Gasteiger partial charge in [-0.1, -0.05) is 5.16 Å². The third kappa shape index (κ3) is 7.03. The van der Waals surface area contributed by atoms with Crippen molar-refractivity contribution in [2.24, 2.45) is 5.92 Å². The first kappa shape index (κ1) is 27.9. The summed E-state index contributed by atoms with van der Waals surface area (Å²) in [5, 5.41) is 17.2. The van der Waals surface area contributed by atoms with Crippen molar-refractivity contribution in [3.8, 4) is 5.75 Å². The highest BCUT2D eigenvalue weighted by molar-refractivity contribution is 5.67. The summed E-state index contributed by atoms with van der Waals surface area (Å²) >= 11 is 0. The number of aliphatic hydroxyl groups is 1. The number of hydrogen-bond acceptors (Lipinski definition) is 11. The number of likely N-dealkylation sites (N-methyl/N-ethyl adjacent to an activating group) is 1. The monoisotopic (exact) mass is 531 g/mol. The van der Waals surface area contributed by atoms with Gasteiger partial charge in [0.25, 0.3) is 0 Å². The molecule has 0 aromatic carbocycles. The van der Waals surface area contributed by atoms with Crippen LogP contribution in [0.3, 0.4) is 0 Å². The number of amides is 1. The highest BCUT2D eigenvalue weighted by Crippen LogP contribution is 2.40. The molecule has 2 fully saturated rings. The highest BCUT2D eigenvalue weighted by Gasteiger charge is 2.41. The van der Waals surface area contributed by atoms with E-state index in [0.29, 0.717) is 61.9 Å². The van der Waals surface area contributed by atoms with Crippen molar-refractivity contribution in [2.75, 3.05) is 42.5 Å². The van der Waals surface area contributed by atoms with E-state index >= 15 is 0 Å². The molecule has 3 heterocycles. The lowest BCUT2D eigenvalue weighted by Gasteiger charge is -2.34. The maximum Gasteiger partial charge on any atom is 0.407 e. The summed E-state index contributed by atoms with van der Waals surface area (Å²) in [4.78, 5) is 29.3. The van der Waals surface area contributed by atoms with Crippen LogP contribution in [0.15, 0.2) is 16.9 Å². The quantitative estimate of drug-likeness (QED) is 0.467. The molecule has 12 heteroatoms. The van der Waals surface area contributed by atoms with Gasteiger partial charge in [-0.3, -0.25) is 0 Å². The van der Waals surface area contributed by atoms with Crippen LogP contribution in [-0.4, -0.2) is 75.7 Å². The maximum absolute atomic E-state index is 11.9. The van der Waals surface area contributed by atoms with Crippen molar-refractivity contribution in [1.29, 1.82) is 0 Å². The average molecular weight is 532 g/mol. The van der Waals surface area contributed by atoms with Gasteiger partial charge in [-0.25, -0.2) is 14.8 Å². The topological polar surface area (TPSA) is 139 Å². The Morgan fingerprint density at radius 1 is 1.29 bits per heavy atom. The molecule has 1 saturated heterocycles. The van der Waals surface area contributed by atoms with Crippen LogP contribution in [0.1, 0.15) is 72.5 Å². The predicted molar refractivity (Wildman–Crippen MR) is 141 cm³/mol. The van der Waals surface area contributed by atoms with Crippen LogP contribution in [0.25, 0.3) is 0 Å². The molecule has 1 amide bonds. The summed E-state index contributed by atoms with van der Waals surface area (Å²) in [5.41, 5.74) is -1.44. The number of hydrogen-bond donors (Lipinski definition) is 2. The lowest BCUT2D eigenvalue weighted by molar-refractivity contribution is -0.0482. The molecule has 1 aliphatic heterocycles. The molecule has 1 aliphatic carbocycles.